The average molecular weight is 457 g/mol. The maximum Gasteiger partial charge on any atom is 0.293 e. The second-order valence-corrected chi connectivity index (χ2v) is 8.69. The van der Waals surface area contributed by atoms with Gasteiger partial charge in [0.1, 0.15) is 11.2 Å². The molecule has 3 aromatic carbocycles. The molecule has 5 rings (SSSR count). The first-order valence-electron chi connectivity index (χ1n) is 11.2. The molecule has 0 aliphatic carbocycles. The Morgan fingerprint density at radius 3 is 2.47 bits per heavy atom. The molecule has 34 heavy (non-hydrogen) atoms. The minimum absolute atomic E-state index is 0.0559. The number of hydrogen-bond donors (Lipinski definition) is 1. The molecule has 0 bridgehead atoms. The molecule has 8 nitrogen and oxygen atoms in total. The number of nitro benzene ring substituents is 1. The van der Waals surface area contributed by atoms with Gasteiger partial charge in [-0.2, -0.15) is 0 Å². The third-order valence-corrected chi connectivity index (χ3v) is 6.00. The molecule has 0 unspecified atom stereocenters. The highest BCUT2D eigenvalue weighted by molar-refractivity contribution is 6.05. The highest BCUT2D eigenvalue weighted by Crippen LogP contribution is 2.32. The normalized spacial score (nSPS) is 13.4. The second kappa shape index (κ2) is 8.62. The summed E-state index contributed by atoms with van der Waals surface area (Å²) in [5.41, 5.74) is 5.62. The zero-order valence-corrected chi connectivity index (χ0v) is 19.0. The molecule has 1 aliphatic rings. The molecule has 0 radical (unpaired) electrons. The van der Waals surface area contributed by atoms with Crippen molar-refractivity contribution >= 4 is 34.1 Å². The van der Waals surface area contributed by atoms with Gasteiger partial charge in [-0.1, -0.05) is 17.2 Å². The third kappa shape index (κ3) is 4.22. The molecule has 1 N–H and O–H groups in total. The zero-order valence-electron chi connectivity index (χ0n) is 19.0. The number of hydrogen-bond acceptors (Lipinski definition) is 6. The van der Waals surface area contributed by atoms with E-state index >= 15 is 0 Å². The molecule has 4 aromatic rings. The predicted molar refractivity (Wildman–Crippen MR) is 131 cm³/mol. The van der Waals surface area contributed by atoms with Crippen molar-refractivity contribution in [3.8, 4) is 11.5 Å². The summed E-state index contributed by atoms with van der Waals surface area (Å²) in [6, 6.07) is 16.0. The van der Waals surface area contributed by atoms with Gasteiger partial charge in [-0.3, -0.25) is 14.9 Å². The summed E-state index contributed by atoms with van der Waals surface area (Å²) < 4.78 is 5.91. The molecule has 172 valence electrons. The smallest absolute Gasteiger partial charge is 0.293 e. The highest BCUT2D eigenvalue weighted by Gasteiger charge is 2.24. The van der Waals surface area contributed by atoms with Crippen LogP contribution in [0.1, 0.15) is 34.3 Å². The molecule has 1 fully saturated rings. The fourth-order valence-corrected chi connectivity index (χ4v) is 4.47. The lowest BCUT2D eigenvalue weighted by molar-refractivity contribution is -0.384. The van der Waals surface area contributed by atoms with E-state index in [9.17, 15) is 14.9 Å². The van der Waals surface area contributed by atoms with Gasteiger partial charge in [0.2, 0.25) is 5.89 Å². The van der Waals surface area contributed by atoms with E-state index in [0.717, 1.165) is 42.6 Å². The fourth-order valence-electron chi connectivity index (χ4n) is 4.47. The van der Waals surface area contributed by atoms with Crippen molar-refractivity contribution in [2.24, 2.45) is 0 Å². The molecule has 0 spiro atoms. The molecule has 1 aliphatic heterocycles. The first kappa shape index (κ1) is 21.6. The Hall–Kier alpha value is -4.20. The highest BCUT2D eigenvalue weighted by atomic mass is 16.6. The molecule has 0 saturated carbocycles. The first-order valence-corrected chi connectivity index (χ1v) is 11.2. The Morgan fingerprint density at radius 1 is 1.03 bits per heavy atom. The summed E-state index contributed by atoms with van der Waals surface area (Å²) >= 11 is 0. The Kier molecular flexibility index (Phi) is 5.49. The van der Waals surface area contributed by atoms with E-state index < -0.39 is 10.8 Å². The number of nitrogens with one attached hydrogen (secondary N) is 1. The molecule has 1 saturated heterocycles. The second-order valence-electron chi connectivity index (χ2n) is 8.69. The number of aryl methyl sites for hydroxylation is 2. The number of nitrogens with zero attached hydrogens (tertiary/aromatic N) is 3. The number of rotatable bonds is 5. The average Bonchev–Trinajstić information content (AvgIpc) is 3.48. The number of fused-ring (bicyclic) bond motifs is 1. The molecule has 0 atom stereocenters. The lowest BCUT2D eigenvalue weighted by atomic mass is 10.1. The van der Waals surface area contributed by atoms with E-state index in [0.29, 0.717) is 28.4 Å². The fraction of sp³-hybridized carbons (Fsp3) is 0.231. The number of anilines is 2. The predicted octanol–water partition coefficient (Wildman–Crippen LogP) is 5.87. The summed E-state index contributed by atoms with van der Waals surface area (Å²) in [5, 5.41) is 14.5. The summed E-state index contributed by atoms with van der Waals surface area (Å²) in [5.74, 6) is 0.0897. The van der Waals surface area contributed by atoms with E-state index in [1.54, 1.807) is 30.3 Å². The van der Waals surface area contributed by atoms with Crippen molar-refractivity contribution in [3.63, 3.8) is 0 Å². The van der Waals surface area contributed by atoms with Crippen LogP contribution in [0.3, 0.4) is 0 Å². The van der Waals surface area contributed by atoms with Gasteiger partial charge < -0.3 is 14.6 Å². The van der Waals surface area contributed by atoms with Crippen LogP contribution in [0.25, 0.3) is 22.6 Å². The van der Waals surface area contributed by atoms with E-state index in [4.69, 9.17) is 4.42 Å². The number of carbonyl (C=O) groups is 1. The maximum absolute atomic E-state index is 12.9. The van der Waals surface area contributed by atoms with Crippen molar-refractivity contribution in [2.45, 2.75) is 26.7 Å². The summed E-state index contributed by atoms with van der Waals surface area (Å²) in [6.07, 6.45) is 2.02. The summed E-state index contributed by atoms with van der Waals surface area (Å²) in [4.78, 5) is 30.7. The van der Waals surface area contributed by atoms with Gasteiger partial charge >= 0.3 is 0 Å². The van der Waals surface area contributed by atoms with Crippen molar-refractivity contribution in [1.82, 2.24) is 4.98 Å². The van der Waals surface area contributed by atoms with Crippen LogP contribution in [0.2, 0.25) is 0 Å². The van der Waals surface area contributed by atoms with Crippen molar-refractivity contribution < 1.29 is 14.1 Å². The molecular weight excluding hydrogens is 432 g/mol. The van der Waals surface area contributed by atoms with Gasteiger partial charge in [0, 0.05) is 36.0 Å². The zero-order chi connectivity index (χ0) is 23.8. The molecular formula is C26H24N4O4. The molecule has 8 heteroatoms. The Morgan fingerprint density at radius 2 is 1.76 bits per heavy atom. The number of nitro groups is 1. The Balaban J connectivity index is 1.40. The number of benzene rings is 3. The number of aromatic nitrogens is 1. The largest absolute Gasteiger partial charge is 0.436 e. The topological polar surface area (TPSA) is 102 Å². The van der Waals surface area contributed by atoms with Crippen LogP contribution in [0.4, 0.5) is 17.1 Å². The van der Waals surface area contributed by atoms with Gasteiger partial charge in [0.15, 0.2) is 5.58 Å². The minimum Gasteiger partial charge on any atom is -0.436 e. The van der Waals surface area contributed by atoms with Crippen LogP contribution in [-0.4, -0.2) is 28.9 Å². The minimum atomic E-state index is -0.430. The SMILES string of the molecule is Cc1cc(C)cc(-c2nc3cc(NC(=O)c4ccc(N5CCCC5)c([N+](=O)[O-])c4)ccc3o2)c1. The molecule has 2 heterocycles. The quantitative estimate of drug-likeness (QED) is 0.298. The van der Waals surface area contributed by atoms with Gasteiger partial charge in [-0.25, -0.2) is 4.98 Å². The first-order chi connectivity index (χ1) is 16.4. The van der Waals surface area contributed by atoms with Crippen LogP contribution in [0.15, 0.2) is 59.0 Å². The van der Waals surface area contributed by atoms with Crippen molar-refractivity contribution in [1.29, 1.82) is 0 Å². The summed E-state index contributed by atoms with van der Waals surface area (Å²) in [7, 11) is 0. The monoisotopic (exact) mass is 456 g/mol. The van der Waals surface area contributed by atoms with Crippen LogP contribution in [-0.2, 0) is 0 Å². The molecule has 1 amide bonds. The third-order valence-electron chi connectivity index (χ3n) is 6.00. The van der Waals surface area contributed by atoms with Gasteiger partial charge in [-0.15, -0.1) is 0 Å². The van der Waals surface area contributed by atoms with Gasteiger partial charge in [0.05, 0.1) is 4.92 Å². The lowest BCUT2D eigenvalue weighted by Crippen LogP contribution is -2.19. The van der Waals surface area contributed by atoms with E-state index in [1.165, 1.54) is 6.07 Å². The van der Waals surface area contributed by atoms with Crippen molar-refractivity contribution in [3.05, 3.63) is 81.4 Å². The van der Waals surface area contributed by atoms with Gasteiger partial charge in [0.25, 0.3) is 11.6 Å². The number of oxazole rings is 1. The summed E-state index contributed by atoms with van der Waals surface area (Å²) in [6.45, 7) is 5.62. The van der Waals surface area contributed by atoms with Crippen LogP contribution in [0.5, 0.6) is 0 Å². The van der Waals surface area contributed by atoms with E-state index in [-0.39, 0.29) is 11.3 Å². The van der Waals surface area contributed by atoms with Crippen molar-refractivity contribution in [2.75, 3.05) is 23.3 Å². The Labute approximate surface area is 196 Å². The number of amides is 1. The maximum atomic E-state index is 12.9. The number of carbonyl (C=O) groups excluding carboxylic acids is 1. The standard InChI is InChI=1S/C26H24N4O4/c1-16-11-17(2)13-19(12-16)26-28-21-15-20(6-8-24(21)34-26)27-25(31)18-5-7-22(23(14-18)30(32)33)29-9-3-4-10-29/h5-8,11-15H,3-4,9-10H2,1-2H3,(H,27,31). The Bertz CT molecular complexity index is 1400. The lowest BCUT2D eigenvalue weighted by Gasteiger charge is -2.17. The van der Waals surface area contributed by atoms with Crippen LogP contribution < -0.4 is 10.2 Å². The molecule has 1 aromatic heterocycles. The van der Waals surface area contributed by atoms with Crippen LogP contribution >= 0.6 is 0 Å². The van der Waals surface area contributed by atoms with Gasteiger partial charge in [-0.05, 0) is 69.2 Å². The van der Waals surface area contributed by atoms with E-state index in [1.807, 2.05) is 30.9 Å². The van der Waals surface area contributed by atoms with Crippen LogP contribution in [0, 0.1) is 24.0 Å². The van der Waals surface area contributed by atoms with E-state index in [2.05, 4.69) is 16.4 Å².